The molecule has 0 amide bonds. The van der Waals surface area contributed by atoms with Crippen LogP contribution in [0, 0.1) is 53.3 Å². The molecule has 3 heterocycles. The molecule has 17 atom stereocenters. The third-order valence-corrected chi connectivity index (χ3v) is 13.3. The largest absolute Gasteiger partial charge is 0.458 e. The third-order valence-electron chi connectivity index (χ3n) is 13.3. The Kier molecular flexibility index (Phi) is 17.5. The number of carbonyl (C=O) groups is 4. The standard InChI is InChI=1S/C45H72O11/c1-12-34-17-15-13-14-16-27(4)42(51)44(11,53)43(52)32(9)40(50)31(8)39(49)30(7)38(48)26(3)18-21-37(47)54-41-29(6)35(20-19-34)55-45(33(41)10)23-22-25(2)36(56-45)24-28(5)46/h13-15,17-18,21,25-27,29-36,38,40-42,48,50-51,53H,12,16,19-20,22-24H2,1-11H3/t25-,26-,27+,29+,30-,31-,32-,33-,34-,35-,36-,38+,40+,41+,42-,44+,45-/m1/s1. The van der Waals surface area contributed by atoms with E-state index in [0.29, 0.717) is 19.3 Å². The molecule has 3 rings (SSSR count). The lowest BCUT2D eigenvalue weighted by Crippen LogP contribution is -2.62. The lowest BCUT2D eigenvalue weighted by Gasteiger charge is -2.55. The van der Waals surface area contributed by atoms with E-state index < -0.39 is 82.9 Å². The summed E-state index contributed by atoms with van der Waals surface area (Å²) in [4.78, 5) is 52.8. The number of fused-ring (bicyclic) bond motifs is 2. The summed E-state index contributed by atoms with van der Waals surface area (Å²) >= 11 is 0. The average Bonchev–Trinajstić information content (AvgIpc) is 3.16. The van der Waals surface area contributed by atoms with Crippen molar-refractivity contribution in [3.05, 3.63) is 36.5 Å². The molecule has 2 fully saturated rings. The normalized spacial score (nSPS) is 44.4. The molecule has 0 aliphatic carbocycles. The predicted octanol–water partition coefficient (Wildman–Crippen LogP) is 6.09. The molecule has 4 N–H and O–H groups in total. The minimum absolute atomic E-state index is 0.0374. The molecule has 1 spiro atoms. The SMILES string of the molecule is CC[C@@H]1C=CC=CC[C@H](C)[C@@H](O)[C@](C)(O)C(=O)[C@H](C)[C@@H](O)[C@H](C)C(=O)[C@H](C)[C@@H](O)[C@H](C)C=CC(=O)O[C@H]2[C@@H](C)[C@@H](CC1)O[C@@]1(CC[C@@H](C)[C@@H](CC(C)=O)O1)[C@@H]2C. The van der Waals surface area contributed by atoms with E-state index >= 15 is 0 Å². The second-order valence-electron chi connectivity index (χ2n) is 17.8. The van der Waals surface area contributed by atoms with Crippen molar-refractivity contribution in [2.24, 2.45) is 53.3 Å². The van der Waals surface area contributed by atoms with Crippen LogP contribution in [0.2, 0.25) is 0 Å². The van der Waals surface area contributed by atoms with Gasteiger partial charge in [0.2, 0.25) is 0 Å². The van der Waals surface area contributed by atoms with E-state index in [9.17, 15) is 39.6 Å². The third kappa shape index (κ3) is 11.3. The summed E-state index contributed by atoms with van der Waals surface area (Å²) in [6.07, 6.45) is 9.64. The zero-order valence-corrected chi connectivity index (χ0v) is 35.7. The second-order valence-corrected chi connectivity index (χ2v) is 17.8. The maximum atomic E-state index is 13.5. The number of esters is 1. The zero-order chi connectivity index (χ0) is 42.3. The summed E-state index contributed by atoms with van der Waals surface area (Å²) in [6, 6.07) is 0. The first-order valence-electron chi connectivity index (χ1n) is 21.0. The molecule has 11 nitrogen and oxygen atoms in total. The monoisotopic (exact) mass is 789 g/mol. The second kappa shape index (κ2) is 20.4. The number of hydrogen-bond donors (Lipinski definition) is 4. The van der Waals surface area contributed by atoms with Crippen molar-refractivity contribution in [1.82, 2.24) is 0 Å². The van der Waals surface area contributed by atoms with E-state index in [1.807, 2.05) is 32.1 Å². The topological polar surface area (TPSA) is 177 Å². The maximum absolute atomic E-state index is 13.5. The number of rotatable bonds is 3. The number of aliphatic hydroxyl groups excluding tert-OH is 3. The number of carbonyl (C=O) groups excluding carboxylic acids is 4. The van der Waals surface area contributed by atoms with Crippen LogP contribution in [0.1, 0.15) is 121 Å². The molecule has 0 radical (unpaired) electrons. The van der Waals surface area contributed by atoms with Gasteiger partial charge in [0.15, 0.2) is 11.6 Å². The van der Waals surface area contributed by atoms with Crippen molar-refractivity contribution >= 4 is 23.3 Å². The van der Waals surface area contributed by atoms with Gasteiger partial charge in [0.1, 0.15) is 23.3 Å². The van der Waals surface area contributed by atoms with E-state index in [-0.39, 0.29) is 48.1 Å². The maximum Gasteiger partial charge on any atom is 0.330 e. The van der Waals surface area contributed by atoms with E-state index in [2.05, 4.69) is 19.9 Å². The molecule has 318 valence electrons. The number of ketones is 3. The van der Waals surface area contributed by atoms with Crippen molar-refractivity contribution in [2.45, 2.75) is 169 Å². The fourth-order valence-corrected chi connectivity index (χ4v) is 8.92. The Hall–Kier alpha value is -2.54. The molecule has 2 saturated heterocycles. The van der Waals surface area contributed by atoms with Gasteiger partial charge in [-0.2, -0.15) is 0 Å². The van der Waals surface area contributed by atoms with Gasteiger partial charge in [0.05, 0.1) is 30.5 Å². The highest BCUT2D eigenvalue weighted by Crippen LogP contribution is 2.48. The first-order valence-corrected chi connectivity index (χ1v) is 21.0. The highest BCUT2D eigenvalue weighted by atomic mass is 16.7. The Balaban J connectivity index is 1.99. The Morgan fingerprint density at radius 3 is 2.11 bits per heavy atom. The van der Waals surface area contributed by atoms with E-state index in [1.165, 1.54) is 39.8 Å². The molecule has 0 saturated carbocycles. The Morgan fingerprint density at radius 2 is 1.48 bits per heavy atom. The van der Waals surface area contributed by atoms with Gasteiger partial charge in [-0.1, -0.05) is 92.7 Å². The van der Waals surface area contributed by atoms with Crippen LogP contribution in [-0.4, -0.2) is 91.8 Å². The molecule has 0 aromatic rings. The Bertz CT molecular complexity index is 1430. The Morgan fingerprint density at radius 1 is 0.839 bits per heavy atom. The fraction of sp³-hybridized carbons (Fsp3) is 0.778. The van der Waals surface area contributed by atoms with Crippen LogP contribution in [-0.2, 0) is 33.4 Å². The van der Waals surface area contributed by atoms with Gasteiger partial charge in [0, 0.05) is 54.4 Å². The molecule has 0 aromatic carbocycles. The summed E-state index contributed by atoms with van der Waals surface area (Å²) in [5.41, 5.74) is -2.19. The number of ether oxygens (including phenoxy) is 3. The predicted molar refractivity (Wildman–Crippen MR) is 214 cm³/mol. The van der Waals surface area contributed by atoms with Crippen LogP contribution in [0.5, 0.6) is 0 Å². The van der Waals surface area contributed by atoms with Gasteiger partial charge in [-0.05, 0) is 63.7 Å². The molecule has 2 bridgehead atoms. The van der Waals surface area contributed by atoms with Crippen molar-refractivity contribution < 1.29 is 53.8 Å². The molecular formula is C45H72O11. The van der Waals surface area contributed by atoms with Crippen LogP contribution in [0.25, 0.3) is 0 Å². The van der Waals surface area contributed by atoms with Gasteiger partial charge in [-0.25, -0.2) is 4.79 Å². The first-order chi connectivity index (χ1) is 26.1. The fourth-order valence-electron chi connectivity index (χ4n) is 8.92. The average molecular weight is 789 g/mol. The van der Waals surface area contributed by atoms with Gasteiger partial charge in [-0.3, -0.25) is 14.4 Å². The van der Waals surface area contributed by atoms with Crippen LogP contribution in [0.3, 0.4) is 0 Å². The molecule has 0 unspecified atom stereocenters. The molecule has 3 aliphatic rings. The molecule has 56 heavy (non-hydrogen) atoms. The molecule has 0 aromatic heterocycles. The summed E-state index contributed by atoms with van der Waals surface area (Å²) in [5, 5.41) is 44.7. The van der Waals surface area contributed by atoms with Crippen molar-refractivity contribution in [3.63, 3.8) is 0 Å². The lowest BCUT2D eigenvalue weighted by molar-refractivity contribution is -0.369. The van der Waals surface area contributed by atoms with Crippen LogP contribution < -0.4 is 0 Å². The van der Waals surface area contributed by atoms with Crippen LogP contribution in [0.4, 0.5) is 0 Å². The highest BCUT2D eigenvalue weighted by Gasteiger charge is 2.56. The van der Waals surface area contributed by atoms with Crippen molar-refractivity contribution in [2.75, 3.05) is 0 Å². The number of allylic oxidation sites excluding steroid dienone is 4. The quantitative estimate of drug-likeness (QED) is 0.244. The van der Waals surface area contributed by atoms with Gasteiger partial charge >= 0.3 is 5.97 Å². The minimum Gasteiger partial charge on any atom is -0.458 e. The van der Waals surface area contributed by atoms with E-state index in [1.54, 1.807) is 20.8 Å². The summed E-state index contributed by atoms with van der Waals surface area (Å²) in [6.45, 7) is 18.8. The number of hydrogen-bond acceptors (Lipinski definition) is 11. The van der Waals surface area contributed by atoms with Crippen molar-refractivity contribution in [3.8, 4) is 0 Å². The number of Topliss-reactive ketones (excluding diaryl/α,β-unsaturated/α-hetero) is 3. The lowest BCUT2D eigenvalue weighted by atomic mass is 9.74. The molecule has 11 heteroatoms. The van der Waals surface area contributed by atoms with E-state index in [4.69, 9.17) is 14.2 Å². The van der Waals surface area contributed by atoms with Gasteiger partial charge in [-0.15, -0.1) is 0 Å². The summed E-state index contributed by atoms with van der Waals surface area (Å²) in [5.74, 6) is -7.46. The minimum atomic E-state index is -2.19. The highest BCUT2D eigenvalue weighted by molar-refractivity contribution is 5.91. The smallest absolute Gasteiger partial charge is 0.330 e. The van der Waals surface area contributed by atoms with Gasteiger partial charge < -0.3 is 34.6 Å². The number of aliphatic hydroxyl groups is 4. The first kappa shape index (κ1) is 47.8. The molecular weight excluding hydrogens is 716 g/mol. The van der Waals surface area contributed by atoms with E-state index in [0.717, 1.165) is 19.3 Å². The van der Waals surface area contributed by atoms with Crippen LogP contribution in [0.15, 0.2) is 36.5 Å². The summed E-state index contributed by atoms with van der Waals surface area (Å²) < 4.78 is 19.9. The van der Waals surface area contributed by atoms with Gasteiger partial charge in [0.25, 0.3) is 0 Å². The van der Waals surface area contributed by atoms with Crippen molar-refractivity contribution in [1.29, 1.82) is 0 Å². The Labute approximate surface area is 335 Å². The van der Waals surface area contributed by atoms with Crippen LogP contribution >= 0.6 is 0 Å². The zero-order valence-electron chi connectivity index (χ0n) is 35.7. The molecule has 3 aliphatic heterocycles. The summed E-state index contributed by atoms with van der Waals surface area (Å²) in [7, 11) is 0.